The third-order valence-electron chi connectivity index (χ3n) is 4.87. The Kier molecular flexibility index (Phi) is 6.99. The number of halogens is 1. The summed E-state index contributed by atoms with van der Waals surface area (Å²) >= 11 is 2.14. The Balaban J connectivity index is 1.48. The summed E-state index contributed by atoms with van der Waals surface area (Å²) in [5.41, 5.74) is 4.16. The molecule has 0 radical (unpaired) electrons. The number of carbonyl (C=O) groups is 2. The van der Waals surface area contributed by atoms with Crippen molar-refractivity contribution >= 4 is 51.5 Å². The predicted molar refractivity (Wildman–Crippen MR) is 136 cm³/mol. The van der Waals surface area contributed by atoms with Crippen LogP contribution in [-0.2, 0) is 0 Å². The van der Waals surface area contributed by atoms with Gasteiger partial charge in [0.15, 0.2) is 11.5 Å². The van der Waals surface area contributed by atoms with Crippen LogP contribution in [0.2, 0.25) is 0 Å². The first-order chi connectivity index (χ1) is 16.0. The largest absolute Gasteiger partial charge is 0.493 e. The molecule has 164 valence electrons. The van der Waals surface area contributed by atoms with Crippen molar-refractivity contribution in [1.29, 1.82) is 0 Å². The average molecular weight is 550 g/mol. The van der Waals surface area contributed by atoms with Gasteiger partial charge in [-0.25, -0.2) is 10.2 Å². The van der Waals surface area contributed by atoms with Crippen molar-refractivity contribution in [3.05, 3.63) is 105 Å². The molecule has 0 bridgehead atoms. The predicted octanol–water partition coefficient (Wildman–Crippen LogP) is 5.44. The minimum atomic E-state index is -0.476. The van der Waals surface area contributed by atoms with Gasteiger partial charge in [-0.1, -0.05) is 42.5 Å². The van der Waals surface area contributed by atoms with Crippen LogP contribution in [0.1, 0.15) is 26.3 Å². The van der Waals surface area contributed by atoms with Crippen LogP contribution in [0.25, 0.3) is 10.8 Å². The monoisotopic (exact) mass is 550 g/mol. The summed E-state index contributed by atoms with van der Waals surface area (Å²) in [5.74, 6) is -0.124. The maximum Gasteiger partial charge on any atom is 0.344 e. The summed E-state index contributed by atoms with van der Waals surface area (Å²) in [5, 5.41) is 5.78. The Labute approximate surface area is 204 Å². The van der Waals surface area contributed by atoms with Crippen LogP contribution in [0.5, 0.6) is 11.5 Å². The highest BCUT2D eigenvalue weighted by molar-refractivity contribution is 14.1. The molecule has 0 spiro atoms. The first kappa shape index (κ1) is 22.5. The van der Waals surface area contributed by atoms with Crippen molar-refractivity contribution in [3.8, 4) is 11.5 Å². The van der Waals surface area contributed by atoms with Crippen LogP contribution < -0.4 is 14.9 Å². The number of esters is 1. The molecule has 0 aliphatic rings. The minimum absolute atomic E-state index is 0.287. The number of ether oxygens (including phenoxy) is 2. The van der Waals surface area contributed by atoms with Gasteiger partial charge < -0.3 is 9.47 Å². The van der Waals surface area contributed by atoms with Gasteiger partial charge in [-0.05, 0) is 81.4 Å². The fourth-order valence-electron chi connectivity index (χ4n) is 3.27. The number of hydrogen-bond acceptors (Lipinski definition) is 5. The van der Waals surface area contributed by atoms with E-state index in [4.69, 9.17) is 9.47 Å². The van der Waals surface area contributed by atoms with Gasteiger partial charge in [-0.2, -0.15) is 5.10 Å². The zero-order valence-corrected chi connectivity index (χ0v) is 19.8. The number of rotatable bonds is 6. The number of fused-ring (bicyclic) bond motifs is 1. The number of hydrazone groups is 1. The van der Waals surface area contributed by atoms with E-state index in [-0.39, 0.29) is 11.7 Å². The van der Waals surface area contributed by atoms with Crippen molar-refractivity contribution in [2.75, 3.05) is 7.11 Å². The fourth-order valence-corrected chi connectivity index (χ4v) is 3.81. The van der Waals surface area contributed by atoms with E-state index < -0.39 is 5.97 Å². The molecular weight excluding hydrogens is 531 g/mol. The highest BCUT2D eigenvalue weighted by atomic mass is 127. The minimum Gasteiger partial charge on any atom is -0.493 e. The van der Waals surface area contributed by atoms with E-state index in [1.54, 1.807) is 36.4 Å². The number of amides is 1. The van der Waals surface area contributed by atoms with Crippen LogP contribution in [0.4, 0.5) is 0 Å². The number of benzene rings is 4. The molecular formula is C26H19IN2O4. The second kappa shape index (κ2) is 10.3. The topological polar surface area (TPSA) is 77.0 Å². The van der Waals surface area contributed by atoms with Gasteiger partial charge in [0.1, 0.15) is 0 Å². The van der Waals surface area contributed by atoms with E-state index in [1.165, 1.54) is 13.3 Å². The lowest BCUT2D eigenvalue weighted by Crippen LogP contribution is -2.17. The van der Waals surface area contributed by atoms with E-state index in [0.29, 0.717) is 22.4 Å². The summed E-state index contributed by atoms with van der Waals surface area (Å²) in [6.07, 6.45) is 1.49. The molecule has 1 amide bonds. The van der Waals surface area contributed by atoms with Crippen molar-refractivity contribution in [2.45, 2.75) is 0 Å². The molecule has 0 aliphatic carbocycles. The molecule has 0 unspecified atom stereocenters. The highest BCUT2D eigenvalue weighted by Crippen LogP contribution is 2.29. The summed E-state index contributed by atoms with van der Waals surface area (Å²) in [7, 11) is 1.49. The van der Waals surface area contributed by atoms with Gasteiger partial charge in [-0.15, -0.1) is 0 Å². The number of nitrogens with zero attached hydrogens (tertiary/aromatic N) is 1. The zero-order valence-electron chi connectivity index (χ0n) is 17.6. The second-order valence-corrected chi connectivity index (χ2v) is 8.28. The van der Waals surface area contributed by atoms with Gasteiger partial charge >= 0.3 is 5.97 Å². The maximum atomic E-state index is 12.8. The fraction of sp³-hybridized carbons (Fsp3) is 0.0385. The molecule has 4 aromatic rings. The highest BCUT2D eigenvalue weighted by Gasteiger charge is 2.15. The van der Waals surface area contributed by atoms with E-state index in [9.17, 15) is 9.59 Å². The lowest BCUT2D eigenvalue weighted by Gasteiger charge is -2.11. The smallest absolute Gasteiger partial charge is 0.344 e. The van der Waals surface area contributed by atoms with Gasteiger partial charge in [0.25, 0.3) is 5.91 Å². The third kappa shape index (κ3) is 5.38. The summed E-state index contributed by atoms with van der Waals surface area (Å²) in [4.78, 5) is 25.0. The summed E-state index contributed by atoms with van der Waals surface area (Å²) in [6.45, 7) is 0. The van der Waals surface area contributed by atoms with Crippen molar-refractivity contribution < 1.29 is 19.1 Å². The molecule has 4 rings (SSSR count). The van der Waals surface area contributed by atoms with Crippen LogP contribution >= 0.6 is 22.6 Å². The van der Waals surface area contributed by atoms with Crippen molar-refractivity contribution in [3.63, 3.8) is 0 Å². The van der Waals surface area contributed by atoms with Crippen LogP contribution in [0.15, 0.2) is 90.0 Å². The van der Waals surface area contributed by atoms with Crippen LogP contribution in [0.3, 0.4) is 0 Å². The molecule has 6 nitrogen and oxygen atoms in total. The number of carbonyl (C=O) groups excluding carboxylic acids is 2. The van der Waals surface area contributed by atoms with E-state index in [1.807, 2.05) is 48.5 Å². The summed E-state index contributed by atoms with van der Waals surface area (Å²) < 4.78 is 12.0. The standard InChI is InChI=1S/C26H19IN2O4/c1-32-24-14-17(16-28-29-25(30)19-8-4-9-20(27)15-19)12-13-23(24)33-26(31)22-11-5-7-18-6-2-3-10-21(18)22/h2-16H,1H3,(H,29,30)/b28-16-. The number of hydrogen-bond donors (Lipinski definition) is 1. The third-order valence-corrected chi connectivity index (χ3v) is 5.54. The molecule has 0 saturated carbocycles. The Hall–Kier alpha value is -3.72. The van der Waals surface area contributed by atoms with Gasteiger partial charge in [0.2, 0.25) is 0 Å². The molecule has 0 saturated heterocycles. The Bertz CT molecular complexity index is 1360. The maximum absolute atomic E-state index is 12.8. The second-order valence-electron chi connectivity index (χ2n) is 7.04. The van der Waals surface area contributed by atoms with E-state index in [0.717, 1.165) is 14.3 Å². The first-order valence-electron chi connectivity index (χ1n) is 10.0. The molecule has 0 atom stereocenters. The number of nitrogens with one attached hydrogen (secondary N) is 1. The van der Waals surface area contributed by atoms with Crippen molar-refractivity contribution in [1.82, 2.24) is 5.43 Å². The molecule has 7 heteroatoms. The number of methoxy groups -OCH3 is 1. The van der Waals surface area contributed by atoms with Gasteiger partial charge in [0.05, 0.1) is 18.9 Å². The Morgan fingerprint density at radius 2 is 1.70 bits per heavy atom. The van der Waals surface area contributed by atoms with Crippen LogP contribution in [0, 0.1) is 3.57 Å². The molecule has 4 aromatic carbocycles. The van der Waals surface area contributed by atoms with E-state index >= 15 is 0 Å². The van der Waals surface area contributed by atoms with E-state index in [2.05, 4.69) is 33.1 Å². The Morgan fingerprint density at radius 3 is 2.52 bits per heavy atom. The summed E-state index contributed by atoms with van der Waals surface area (Å²) in [6, 6.07) is 25.3. The lowest BCUT2D eigenvalue weighted by atomic mass is 10.0. The molecule has 0 heterocycles. The average Bonchev–Trinajstić information content (AvgIpc) is 2.84. The van der Waals surface area contributed by atoms with Crippen molar-refractivity contribution in [2.24, 2.45) is 5.10 Å². The van der Waals surface area contributed by atoms with Gasteiger partial charge in [-0.3, -0.25) is 4.79 Å². The quantitative estimate of drug-likeness (QED) is 0.114. The Morgan fingerprint density at radius 1 is 0.909 bits per heavy atom. The molecule has 0 aliphatic heterocycles. The normalized spacial score (nSPS) is 10.8. The SMILES string of the molecule is COc1cc(/C=N\NC(=O)c2cccc(I)c2)ccc1OC(=O)c1cccc2ccccc12. The first-order valence-corrected chi connectivity index (χ1v) is 11.1. The van der Waals surface area contributed by atoms with Crippen LogP contribution in [-0.4, -0.2) is 25.2 Å². The molecule has 33 heavy (non-hydrogen) atoms. The molecule has 0 fully saturated rings. The van der Waals surface area contributed by atoms with Gasteiger partial charge in [0, 0.05) is 9.13 Å². The lowest BCUT2D eigenvalue weighted by molar-refractivity contribution is 0.0731. The molecule has 0 aromatic heterocycles. The zero-order chi connectivity index (χ0) is 23.2. The molecule has 1 N–H and O–H groups in total.